The Bertz CT molecular complexity index is 471. The lowest BCUT2D eigenvalue weighted by atomic mass is 10.1. The van der Waals surface area contributed by atoms with Gasteiger partial charge in [-0.2, -0.15) is 0 Å². The fourth-order valence-electron chi connectivity index (χ4n) is 1.77. The summed E-state index contributed by atoms with van der Waals surface area (Å²) in [7, 11) is 0. The van der Waals surface area contributed by atoms with Crippen LogP contribution in [0, 0.1) is 12.8 Å². The average molecular weight is 233 g/mol. The van der Waals surface area contributed by atoms with Crippen LogP contribution in [0.2, 0.25) is 0 Å². The van der Waals surface area contributed by atoms with Crippen molar-refractivity contribution in [1.82, 2.24) is 4.98 Å². The van der Waals surface area contributed by atoms with E-state index in [1.807, 2.05) is 6.08 Å². The van der Waals surface area contributed by atoms with Gasteiger partial charge in [-0.15, -0.1) is 0 Å². The van der Waals surface area contributed by atoms with Gasteiger partial charge in [-0.05, 0) is 25.5 Å². The lowest BCUT2D eigenvalue weighted by Crippen LogP contribution is -2.24. The highest BCUT2D eigenvalue weighted by atomic mass is 16.3. The van der Waals surface area contributed by atoms with Gasteiger partial charge in [-0.3, -0.25) is 4.79 Å². The first-order chi connectivity index (χ1) is 8.06. The Kier molecular flexibility index (Phi) is 3.10. The van der Waals surface area contributed by atoms with Gasteiger partial charge in [0, 0.05) is 11.7 Å². The summed E-state index contributed by atoms with van der Waals surface area (Å²) in [5, 5.41) is 12.2. The molecule has 0 saturated carbocycles. The molecule has 1 heterocycles. The van der Waals surface area contributed by atoms with E-state index >= 15 is 0 Å². The van der Waals surface area contributed by atoms with Gasteiger partial charge in [0.15, 0.2) is 11.6 Å². The van der Waals surface area contributed by atoms with Crippen LogP contribution in [0.1, 0.15) is 12.1 Å². The summed E-state index contributed by atoms with van der Waals surface area (Å²) in [6, 6.07) is 3.12. The van der Waals surface area contributed by atoms with E-state index in [2.05, 4.69) is 10.3 Å². The number of carbonyl (C=O) groups excluding carboxylic acids is 1. The van der Waals surface area contributed by atoms with Crippen LogP contribution in [-0.4, -0.2) is 22.0 Å². The highest BCUT2D eigenvalue weighted by Crippen LogP contribution is 2.23. The van der Waals surface area contributed by atoms with Crippen LogP contribution in [0.15, 0.2) is 24.3 Å². The smallest absolute Gasteiger partial charge is 0.232 e. The van der Waals surface area contributed by atoms with Gasteiger partial charge < -0.3 is 16.2 Å². The molecule has 17 heavy (non-hydrogen) atoms. The zero-order chi connectivity index (χ0) is 12.4. The lowest BCUT2D eigenvalue weighted by Gasteiger charge is -2.11. The van der Waals surface area contributed by atoms with Gasteiger partial charge in [0.05, 0.1) is 5.92 Å². The molecule has 1 amide bonds. The third-order valence-electron chi connectivity index (χ3n) is 2.71. The van der Waals surface area contributed by atoms with Crippen LogP contribution in [-0.2, 0) is 4.79 Å². The molecule has 90 valence electrons. The number of amides is 1. The second-order valence-corrected chi connectivity index (χ2v) is 4.20. The van der Waals surface area contributed by atoms with Crippen molar-refractivity contribution in [2.45, 2.75) is 19.4 Å². The predicted octanol–water partition coefficient (Wildman–Crippen LogP) is 0.938. The van der Waals surface area contributed by atoms with E-state index in [9.17, 15) is 9.90 Å². The maximum absolute atomic E-state index is 11.9. The highest BCUT2D eigenvalue weighted by molar-refractivity contribution is 5.94. The summed E-state index contributed by atoms with van der Waals surface area (Å²) in [5.41, 5.74) is 6.41. The Morgan fingerprint density at radius 3 is 2.94 bits per heavy atom. The van der Waals surface area contributed by atoms with E-state index in [1.165, 1.54) is 6.07 Å². The monoisotopic (exact) mass is 233 g/mol. The van der Waals surface area contributed by atoms with Crippen molar-refractivity contribution >= 4 is 11.7 Å². The molecule has 4 N–H and O–H groups in total. The molecule has 1 aliphatic rings. The lowest BCUT2D eigenvalue weighted by molar-refractivity contribution is -0.118. The first-order valence-electron chi connectivity index (χ1n) is 5.47. The molecule has 0 aromatic carbocycles. The Hall–Kier alpha value is -1.88. The van der Waals surface area contributed by atoms with E-state index in [0.717, 1.165) is 5.69 Å². The number of pyridine rings is 1. The molecule has 2 rings (SSSR count). The van der Waals surface area contributed by atoms with Crippen LogP contribution in [0.3, 0.4) is 0 Å². The number of nitrogens with one attached hydrogen (secondary N) is 1. The van der Waals surface area contributed by atoms with Crippen molar-refractivity contribution in [3.8, 4) is 5.75 Å². The fourth-order valence-corrected chi connectivity index (χ4v) is 1.77. The van der Waals surface area contributed by atoms with Crippen LogP contribution in [0.5, 0.6) is 5.75 Å². The second kappa shape index (κ2) is 4.55. The maximum atomic E-state index is 11.9. The van der Waals surface area contributed by atoms with Crippen molar-refractivity contribution in [2.75, 3.05) is 5.32 Å². The summed E-state index contributed by atoms with van der Waals surface area (Å²) in [4.78, 5) is 15.9. The number of carbonyl (C=O) groups is 1. The topological polar surface area (TPSA) is 88.2 Å². The summed E-state index contributed by atoms with van der Waals surface area (Å²) in [5.74, 6) is -0.270. The third-order valence-corrected chi connectivity index (χ3v) is 2.71. The van der Waals surface area contributed by atoms with E-state index in [4.69, 9.17) is 5.73 Å². The maximum Gasteiger partial charge on any atom is 0.232 e. The normalized spacial score (nSPS) is 22.7. The number of rotatable bonds is 2. The number of aromatic nitrogens is 1. The quantitative estimate of drug-likeness (QED) is 0.663. The number of hydrogen-bond donors (Lipinski definition) is 3. The molecule has 2 unspecified atom stereocenters. The molecular weight excluding hydrogens is 218 g/mol. The largest absolute Gasteiger partial charge is 0.504 e. The van der Waals surface area contributed by atoms with Crippen molar-refractivity contribution < 1.29 is 9.90 Å². The number of aryl methyl sites for hydroxylation is 1. The minimum atomic E-state index is -0.244. The summed E-state index contributed by atoms with van der Waals surface area (Å²) < 4.78 is 0. The Labute approximate surface area is 99.4 Å². The second-order valence-electron chi connectivity index (χ2n) is 4.20. The first-order valence-corrected chi connectivity index (χ1v) is 5.47. The molecule has 5 nitrogen and oxygen atoms in total. The van der Waals surface area contributed by atoms with Crippen LogP contribution >= 0.6 is 0 Å². The fraction of sp³-hybridized carbons (Fsp3) is 0.333. The van der Waals surface area contributed by atoms with Gasteiger partial charge >= 0.3 is 0 Å². The third kappa shape index (κ3) is 2.62. The minimum Gasteiger partial charge on any atom is -0.504 e. The zero-order valence-electron chi connectivity index (χ0n) is 9.55. The number of nitrogens with two attached hydrogens (primary N) is 1. The predicted molar refractivity (Wildman–Crippen MR) is 64.5 cm³/mol. The molecule has 1 aromatic rings. The molecule has 0 saturated heterocycles. The van der Waals surface area contributed by atoms with Crippen molar-refractivity contribution in [1.29, 1.82) is 0 Å². The highest BCUT2D eigenvalue weighted by Gasteiger charge is 2.23. The van der Waals surface area contributed by atoms with E-state index in [1.54, 1.807) is 19.1 Å². The van der Waals surface area contributed by atoms with Gasteiger partial charge in [0.1, 0.15) is 0 Å². The van der Waals surface area contributed by atoms with Gasteiger partial charge in [0.2, 0.25) is 5.91 Å². The molecule has 0 fully saturated rings. The molecule has 0 radical (unpaired) electrons. The number of nitrogens with zero attached hydrogens (tertiary/aromatic N) is 1. The van der Waals surface area contributed by atoms with Gasteiger partial charge in [0.25, 0.3) is 0 Å². The summed E-state index contributed by atoms with van der Waals surface area (Å²) in [6.45, 7) is 1.79. The summed E-state index contributed by atoms with van der Waals surface area (Å²) in [6.07, 6.45) is 4.19. The van der Waals surface area contributed by atoms with Gasteiger partial charge in [-0.25, -0.2) is 4.98 Å². The number of hydrogen-bond acceptors (Lipinski definition) is 4. The van der Waals surface area contributed by atoms with Crippen molar-refractivity contribution in [3.05, 3.63) is 30.0 Å². The van der Waals surface area contributed by atoms with Crippen molar-refractivity contribution in [2.24, 2.45) is 11.7 Å². The van der Waals surface area contributed by atoms with Crippen LogP contribution in [0.4, 0.5) is 5.82 Å². The number of anilines is 1. The van der Waals surface area contributed by atoms with E-state index in [0.29, 0.717) is 6.42 Å². The Morgan fingerprint density at radius 1 is 1.53 bits per heavy atom. The SMILES string of the molecule is Cc1ccc(O)c(NC(=O)C2C=CC(N)C2)n1. The Balaban J connectivity index is 2.08. The zero-order valence-corrected chi connectivity index (χ0v) is 9.55. The molecule has 2 atom stereocenters. The average Bonchev–Trinajstić information content (AvgIpc) is 2.70. The van der Waals surface area contributed by atoms with Gasteiger partial charge in [-0.1, -0.05) is 12.2 Å². The molecule has 0 spiro atoms. The molecular formula is C12H15N3O2. The molecule has 5 heteroatoms. The summed E-state index contributed by atoms with van der Waals surface area (Å²) >= 11 is 0. The number of aromatic hydroxyl groups is 1. The molecule has 0 aliphatic heterocycles. The molecule has 0 bridgehead atoms. The van der Waals surface area contributed by atoms with Crippen molar-refractivity contribution in [3.63, 3.8) is 0 Å². The van der Waals surface area contributed by atoms with Crippen LogP contribution in [0.25, 0.3) is 0 Å². The van der Waals surface area contributed by atoms with E-state index < -0.39 is 0 Å². The molecule has 1 aromatic heterocycles. The minimum absolute atomic E-state index is 0.0322. The van der Waals surface area contributed by atoms with E-state index in [-0.39, 0.29) is 29.4 Å². The molecule has 1 aliphatic carbocycles. The van der Waals surface area contributed by atoms with Crippen LogP contribution < -0.4 is 11.1 Å². The first kappa shape index (κ1) is 11.6. The Morgan fingerprint density at radius 2 is 2.29 bits per heavy atom. The standard InChI is InChI=1S/C12H15N3O2/c1-7-2-5-10(16)11(14-7)15-12(17)8-3-4-9(13)6-8/h2-5,8-9,16H,6,13H2,1H3,(H,14,15,17).